The van der Waals surface area contributed by atoms with Crippen LogP contribution in [0.4, 0.5) is 0 Å². The van der Waals surface area contributed by atoms with E-state index in [1.54, 1.807) is 0 Å². The van der Waals surface area contributed by atoms with Crippen LogP contribution in [0.5, 0.6) is 0 Å². The van der Waals surface area contributed by atoms with Crippen molar-refractivity contribution in [2.24, 2.45) is 0 Å². The van der Waals surface area contributed by atoms with Gasteiger partial charge in [0.1, 0.15) is 0 Å². The molecule has 0 spiro atoms. The largest absolute Gasteiger partial charge is 0.378 e. The van der Waals surface area contributed by atoms with Gasteiger partial charge in [-0.05, 0) is 34.0 Å². The Bertz CT molecular complexity index is 324. The van der Waals surface area contributed by atoms with E-state index >= 15 is 0 Å². The smallest absolute Gasteiger partial charge is 0.0662 e. The quantitative estimate of drug-likeness (QED) is 0.833. The van der Waals surface area contributed by atoms with Crippen molar-refractivity contribution < 1.29 is 4.74 Å². The molecular formula is C10H13BrN2O. The molecule has 3 nitrogen and oxygen atoms in total. The molecule has 0 bridgehead atoms. The number of hydrogen-bond acceptors (Lipinski definition) is 3. The van der Waals surface area contributed by atoms with Gasteiger partial charge in [-0.25, -0.2) is 0 Å². The first-order chi connectivity index (χ1) is 6.79. The number of nitrogens with zero attached hydrogens (tertiary/aromatic N) is 1. The zero-order chi connectivity index (χ0) is 9.97. The van der Waals surface area contributed by atoms with Crippen LogP contribution in [-0.4, -0.2) is 24.7 Å². The molecule has 0 aliphatic carbocycles. The molecule has 1 aliphatic rings. The van der Waals surface area contributed by atoms with Gasteiger partial charge in [0, 0.05) is 23.4 Å². The van der Waals surface area contributed by atoms with Gasteiger partial charge >= 0.3 is 0 Å². The van der Waals surface area contributed by atoms with Crippen LogP contribution >= 0.6 is 15.9 Å². The van der Waals surface area contributed by atoms with Crippen molar-refractivity contribution >= 4 is 15.9 Å². The lowest BCUT2D eigenvalue weighted by molar-refractivity contribution is 0.0765. The first-order valence-corrected chi connectivity index (χ1v) is 5.49. The van der Waals surface area contributed by atoms with Crippen molar-refractivity contribution in [2.75, 3.05) is 19.8 Å². The number of halogens is 1. The summed E-state index contributed by atoms with van der Waals surface area (Å²) >= 11 is 3.48. The van der Waals surface area contributed by atoms with E-state index < -0.39 is 0 Å². The predicted molar refractivity (Wildman–Crippen MR) is 58.2 cm³/mol. The number of ether oxygens (including phenoxy) is 1. The first kappa shape index (κ1) is 10.1. The van der Waals surface area contributed by atoms with Crippen LogP contribution < -0.4 is 5.32 Å². The summed E-state index contributed by atoms with van der Waals surface area (Å²) < 4.78 is 6.48. The molecule has 1 atom stereocenters. The van der Waals surface area contributed by atoms with Gasteiger partial charge < -0.3 is 10.1 Å². The topological polar surface area (TPSA) is 34.1 Å². The molecule has 2 rings (SSSR count). The van der Waals surface area contributed by atoms with Crippen LogP contribution in [0.3, 0.4) is 0 Å². The Morgan fingerprint density at radius 1 is 1.57 bits per heavy atom. The van der Waals surface area contributed by atoms with Crippen LogP contribution in [-0.2, 0) is 4.74 Å². The molecule has 1 saturated heterocycles. The Labute approximate surface area is 92.0 Å². The van der Waals surface area contributed by atoms with E-state index in [4.69, 9.17) is 4.74 Å². The maximum Gasteiger partial charge on any atom is 0.0662 e. The average Bonchev–Trinajstić information content (AvgIpc) is 2.23. The lowest BCUT2D eigenvalue weighted by Gasteiger charge is -2.25. The van der Waals surface area contributed by atoms with Gasteiger partial charge in [0.2, 0.25) is 0 Å². The van der Waals surface area contributed by atoms with Gasteiger partial charge in [0.25, 0.3) is 0 Å². The van der Waals surface area contributed by atoms with Crippen molar-refractivity contribution in [3.63, 3.8) is 0 Å². The van der Waals surface area contributed by atoms with Gasteiger partial charge in [0.15, 0.2) is 0 Å². The summed E-state index contributed by atoms with van der Waals surface area (Å²) in [5.74, 6) is 0. The third kappa shape index (κ3) is 1.97. The van der Waals surface area contributed by atoms with Crippen LogP contribution in [0.2, 0.25) is 0 Å². The van der Waals surface area contributed by atoms with Crippen molar-refractivity contribution in [2.45, 2.75) is 13.0 Å². The van der Waals surface area contributed by atoms with Crippen molar-refractivity contribution in [1.29, 1.82) is 0 Å². The summed E-state index contributed by atoms with van der Waals surface area (Å²) in [5.41, 5.74) is 2.46. The minimum Gasteiger partial charge on any atom is -0.378 e. The Morgan fingerprint density at radius 3 is 3.14 bits per heavy atom. The van der Waals surface area contributed by atoms with Gasteiger partial charge in [-0.15, -0.1) is 0 Å². The lowest BCUT2D eigenvalue weighted by atomic mass is 10.0. The van der Waals surface area contributed by atoms with E-state index in [0.29, 0.717) is 0 Å². The highest BCUT2D eigenvalue weighted by Crippen LogP contribution is 2.24. The lowest BCUT2D eigenvalue weighted by Crippen LogP contribution is -2.35. The Kier molecular flexibility index (Phi) is 3.15. The summed E-state index contributed by atoms with van der Waals surface area (Å²) in [6, 6.07) is 0.286. The zero-order valence-electron chi connectivity index (χ0n) is 8.09. The number of hydrogen-bond donors (Lipinski definition) is 1. The van der Waals surface area contributed by atoms with Gasteiger partial charge in [-0.3, -0.25) is 4.98 Å². The second kappa shape index (κ2) is 4.38. The predicted octanol–water partition coefficient (Wildman–Crippen LogP) is 1.81. The minimum absolute atomic E-state index is 0.286. The molecule has 2 heterocycles. The molecule has 1 aromatic rings. The van der Waals surface area contributed by atoms with E-state index in [0.717, 1.165) is 24.2 Å². The fourth-order valence-electron chi connectivity index (χ4n) is 1.63. The maximum absolute atomic E-state index is 5.43. The number of rotatable bonds is 1. The second-order valence-corrected chi connectivity index (χ2v) is 4.27. The highest BCUT2D eigenvalue weighted by atomic mass is 79.9. The molecule has 0 aromatic carbocycles. The van der Waals surface area contributed by atoms with Crippen molar-refractivity contribution in [3.8, 4) is 0 Å². The molecule has 14 heavy (non-hydrogen) atoms. The normalized spacial score (nSPS) is 22.3. The van der Waals surface area contributed by atoms with Crippen molar-refractivity contribution in [1.82, 2.24) is 10.3 Å². The molecule has 0 saturated carbocycles. The Hall–Kier alpha value is -0.450. The zero-order valence-corrected chi connectivity index (χ0v) is 9.67. The van der Waals surface area contributed by atoms with E-state index in [1.165, 1.54) is 11.1 Å². The van der Waals surface area contributed by atoms with Crippen LogP contribution in [0.1, 0.15) is 17.2 Å². The number of morpholine rings is 1. The van der Waals surface area contributed by atoms with E-state index in [9.17, 15) is 0 Å². The Balaban J connectivity index is 2.26. The monoisotopic (exact) mass is 256 g/mol. The second-order valence-electron chi connectivity index (χ2n) is 3.42. The third-order valence-corrected chi connectivity index (χ3v) is 3.29. The highest BCUT2D eigenvalue weighted by Gasteiger charge is 2.17. The average molecular weight is 257 g/mol. The van der Waals surface area contributed by atoms with Gasteiger partial charge in [-0.1, -0.05) is 0 Å². The van der Waals surface area contributed by atoms with E-state index in [-0.39, 0.29) is 6.04 Å². The molecule has 0 unspecified atom stereocenters. The maximum atomic E-state index is 5.43. The molecule has 1 N–H and O–H groups in total. The minimum atomic E-state index is 0.286. The summed E-state index contributed by atoms with van der Waals surface area (Å²) in [6.07, 6.45) is 3.73. The number of aromatic nitrogens is 1. The fourth-order valence-corrected chi connectivity index (χ4v) is 1.98. The number of pyridine rings is 1. The van der Waals surface area contributed by atoms with Gasteiger partial charge in [0.05, 0.1) is 19.3 Å². The molecule has 0 radical (unpaired) electrons. The molecule has 1 fully saturated rings. The van der Waals surface area contributed by atoms with Crippen molar-refractivity contribution in [3.05, 3.63) is 28.0 Å². The molecule has 1 aromatic heterocycles. The van der Waals surface area contributed by atoms with Crippen LogP contribution in [0, 0.1) is 6.92 Å². The number of nitrogens with one attached hydrogen (secondary N) is 1. The highest BCUT2D eigenvalue weighted by molar-refractivity contribution is 9.10. The standard InChI is InChI=1S/C10H13BrN2O/c1-7-8(4-12-5-9(7)11)10-6-14-3-2-13-10/h4-5,10,13H,2-3,6H2,1H3/t10-/m1/s1. The molecule has 1 aliphatic heterocycles. The molecule has 76 valence electrons. The summed E-state index contributed by atoms with van der Waals surface area (Å²) in [7, 11) is 0. The third-order valence-electron chi connectivity index (χ3n) is 2.49. The molecule has 4 heteroatoms. The van der Waals surface area contributed by atoms with E-state index in [2.05, 4.69) is 33.2 Å². The SMILES string of the molecule is Cc1c(Br)cncc1[C@H]1COCCN1. The van der Waals surface area contributed by atoms with E-state index in [1.807, 2.05) is 12.4 Å². The Morgan fingerprint density at radius 2 is 2.43 bits per heavy atom. The summed E-state index contributed by atoms with van der Waals surface area (Å²) in [6.45, 7) is 4.55. The summed E-state index contributed by atoms with van der Waals surface area (Å²) in [5, 5.41) is 3.42. The summed E-state index contributed by atoms with van der Waals surface area (Å²) in [4.78, 5) is 4.18. The van der Waals surface area contributed by atoms with Crippen LogP contribution in [0.15, 0.2) is 16.9 Å². The van der Waals surface area contributed by atoms with Crippen LogP contribution in [0.25, 0.3) is 0 Å². The van der Waals surface area contributed by atoms with Gasteiger partial charge in [-0.2, -0.15) is 0 Å². The molecular weight excluding hydrogens is 244 g/mol. The molecule has 0 amide bonds. The fraction of sp³-hybridized carbons (Fsp3) is 0.500. The first-order valence-electron chi connectivity index (χ1n) is 4.70.